The van der Waals surface area contributed by atoms with Crippen LogP contribution in [0.3, 0.4) is 0 Å². The number of anilines is 1. The summed E-state index contributed by atoms with van der Waals surface area (Å²) >= 11 is 1.67. The number of benzene rings is 1. The number of fused-ring (bicyclic) bond motifs is 2. The van der Waals surface area contributed by atoms with Crippen LogP contribution in [0.2, 0.25) is 0 Å². The second-order valence-electron chi connectivity index (χ2n) is 6.39. The van der Waals surface area contributed by atoms with Gasteiger partial charge < -0.3 is 19.3 Å². The van der Waals surface area contributed by atoms with Crippen molar-refractivity contribution in [3.63, 3.8) is 0 Å². The van der Waals surface area contributed by atoms with E-state index in [1.165, 1.54) is 4.88 Å². The lowest BCUT2D eigenvalue weighted by Crippen LogP contribution is -2.15. The summed E-state index contributed by atoms with van der Waals surface area (Å²) in [5, 5.41) is 8.23. The predicted molar refractivity (Wildman–Crippen MR) is 107 cm³/mol. The van der Waals surface area contributed by atoms with Gasteiger partial charge in [0.1, 0.15) is 23.9 Å². The number of rotatable bonds is 5. The molecule has 4 heterocycles. The van der Waals surface area contributed by atoms with Crippen LogP contribution in [-0.4, -0.2) is 28.3 Å². The first-order valence-electron chi connectivity index (χ1n) is 9.14. The number of ether oxygens (including phenoxy) is 2. The monoisotopic (exact) mass is 394 g/mol. The fourth-order valence-corrected chi connectivity index (χ4v) is 4.07. The Labute approximate surface area is 165 Å². The van der Waals surface area contributed by atoms with Crippen LogP contribution in [0.25, 0.3) is 21.8 Å². The standard InChI is InChI=1S/C20H18N4O3S/c1-2-13-10-14-18(23-19(24-20(14)28-13)16-5-6-22-27-16)21-11-12-3-4-15-17(9-12)26-8-7-25-15/h3-6,9-10H,2,7-8,11H2,1H3,(H,21,23,24). The van der Waals surface area contributed by atoms with Gasteiger partial charge in [-0.25, -0.2) is 9.97 Å². The zero-order valence-electron chi connectivity index (χ0n) is 15.3. The molecule has 4 aromatic rings. The highest BCUT2D eigenvalue weighted by Crippen LogP contribution is 2.33. The first kappa shape index (κ1) is 17.0. The molecule has 1 N–H and O–H groups in total. The molecule has 1 aliphatic rings. The molecule has 1 aromatic carbocycles. The predicted octanol–water partition coefficient (Wildman–Crippen LogP) is 4.29. The molecule has 0 bridgehead atoms. The number of nitrogens with zero attached hydrogens (tertiary/aromatic N) is 3. The molecule has 0 saturated carbocycles. The third-order valence-corrected chi connectivity index (χ3v) is 5.69. The summed E-state index contributed by atoms with van der Waals surface area (Å²) in [6.45, 7) is 3.91. The summed E-state index contributed by atoms with van der Waals surface area (Å²) in [6.07, 6.45) is 2.55. The van der Waals surface area contributed by atoms with E-state index in [1.807, 2.05) is 18.2 Å². The van der Waals surface area contributed by atoms with Crippen molar-refractivity contribution in [1.82, 2.24) is 15.1 Å². The van der Waals surface area contributed by atoms with Crippen molar-refractivity contribution in [2.75, 3.05) is 18.5 Å². The fourth-order valence-electron chi connectivity index (χ4n) is 3.11. The zero-order chi connectivity index (χ0) is 18.9. The van der Waals surface area contributed by atoms with E-state index in [-0.39, 0.29) is 0 Å². The van der Waals surface area contributed by atoms with E-state index in [2.05, 4.69) is 33.4 Å². The second kappa shape index (κ2) is 7.12. The quantitative estimate of drug-likeness (QED) is 0.540. The average Bonchev–Trinajstić information content (AvgIpc) is 3.41. The van der Waals surface area contributed by atoms with Crippen LogP contribution in [0.15, 0.2) is 41.1 Å². The number of thiophene rings is 1. The number of nitrogens with one attached hydrogen (secondary N) is 1. The Morgan fingerprint density at radius 3 is 2.79 bits per heavy atom. The molecule has 0 spiro atoms. The normalized spacial score (nSPS) is 13.0. The van der Waals surface area contributed by atoms with Gasteiger partial charge >= 0.3 is 0 Å². The van der Waals surface area contributed by atoms with Crippen molar-refractivity contribution < 1.29 is 14.0 Å². The molecule has 0 atom stereocenters. The van der Waals surface area contributed by atoms with Crippen LogP contribution in [-0.2, 0) is 13.0 Å². The van der Waals surface area contributed by atoms with Gasteiger partial charge in [0.2, 0.25) is 11.6 Å². The van der Waals surface area contributed by atoms with Crippen LogP contribution in [0.1, 0.15) is 17.4 Å². The van der Waals surface area contributed by atoms with E-state index in [4.69, 9.17) is 14.0 Å². The van der Waals surface area contributed by atoms with E-state index < -0.39 is 0 Å². The highest BCUT2D eigenvalue weighted by molar-refractivity contribution is 7.18. The van der Waals surface area contributed by atoms with Gasteiger partial charge in [0, 0.05) is 17.5 Å². The molecular formula is C20H18N4O3S. The Morgan fingerprint density at radius 1 is 1.07 bits per heavy atom. The maximum atomic E-state index is 5.68. The minimum Gasteiger partial charge on any atom is -0.486 e. The van der Waals surface area contributed by atoms with Crippen LogP contribution >= 0.6 is 11.3 Å². The smallest absolute Gasteiger partial charge is 0.204 e. The molecule has 7 nitrogen and oxygen atoms in total. The molecule has 3 aromatic heterocycles. The topological polar surface area (TPSA) is 82.3 Å². The summed E-state index contributed by atoms with van der Waals surface area (Å²) in [5.74, 6) is 3.43. The summed E-state index contributed by atoms with van der Waals surface area (Å²) in [6, 6.07) is 9.89. The molecule has 0 aliphatic carbocycles. The van der Waals surface area contributed by atoms with Crippen LogP contribution in [0.5, 0.6) is 11.5 Å². The maximum absolute atomic E-state index is 5.68. The number of hydrogen-bond acceptors (Lipinski definition) is 8. The molecule has 0 unspecified atom stereocenters. The fraction of sp³-hybridized carbons (Fsp3) is 0.250. The van der Waals surface area contributed by atoms with Crippen molar-refractivity contribution in [2.45, 2.75) is 19.9 Å². The van der Waals surface area contributed by atoms with Crippen LogP contribution in [0.4, 0.5) is 5.82 Å². The molecule has 0 saturated heterocycles. The molecule has 0 radical (unpaired) electrons. The van der Waals surface area contributed by atoms with Gasteiger partial charge in [0.15, 0.2) is 11.5 Å². The Hall–Kier alpha value is -3.13. The number of aromatic nitrogens is 3. The van der Waals surface area contributed by atoms with E-state index in [0.29, 0.717) is 31.3 Å². The van der Waals surface area contributed by atoms with Gasteiger partial charge in [0.05, 0.1) is 11.6 Å². The lowest BCUT2D eigenvalue weighted by molar-refractivity contribution is 0.171. The van der Waals surface area contributed by atoms with Gasteiger partial charge in [-0.05, 0) is 30.2 Å². The zero-order valence-corrected chi connectivity index (χ0v) is 16.1. The van der Waals surface area contributed by atoms with E-state index in [1.54, 1.807) is 23.6 Å². The van der Waals surface area contributed by atoms with Crippen molar-refractivity contribution in [2.24, 2.45) is 0 Å². The van der Waals surface area contributed by atoms with Gasteiger partial charge in [-0.15, -0.1) is 11.3 Å². The van der Waals surface area contributed by atoms with Crippen LogP contribution in [0, 0.1) is 0 Å². The van der Waals surface area contributed by atoms with Crippen LogP contribution < -0.4 is 14.8 Å². The number of aryl methyl sites for hydroxylation is 1. The molecule has 142 valence electrons. The van der Waals surface area contributed by atoms with Gasteiger partial charge in [0.25, 0.3) is 0 Å². The van der Waals surface area contributed by atoms with E-state index in [9.17, 15) is 0 Å². The molecule has 0 amide bonds. The second-order valence-corrected chi connectivity index (χ2v) is 7.50. The summed E-state index contributed by atoms with van der Waals surface area (Å²) in [4.78, 5) is 11.5. The largest absolute Gasteiger partial charge is 0.486 e. The minimum absolute atomic E-state index is 0.527. The Balaban J connectivity index is 1.48. The maximum Gasteiger partial charge on any atom is 0.204 e. The van der Waals surface area contributed by atoms with Crippen molar-refractivity contribution >= 4 is 27.4 Å². The molecule has 0 fully saturated rings. The van der Waals surface area contributed by atoms with E-state index >= 15 is 0 Å². The third kappa shape index (κ3) is 3.16. The Bertz CT molecular complexity index is 1120. The summed E-state index contributed by atoms with van der Waals surface area (Å²) in [5.41, 5.74) is 1.09. The SMILES string of the molecule is CCc1cc2c(NCc3ccc4c(c3)OCCO4)nc(-c3ccno3)nc2s1. The molecule has 8 heteroatoms. The first-order valence-corrected chi connectivity index (χ1v) is 9.95. The highest BCUT2D eigenvalue weighted by Gasteiger charge is 2.16. The first-order chi connectivity index (χ1) is 13.8. The van der Waals surface area contributed by atoms with Crippen molar-refractivity contribution in [3.05, 3.63) is 47.0 Å². The van der Waals surface area contributed by atoms with Gasteiger partial charge in [-0.1, -0.05) is 18.1 Å². The lowest BCUT2D eigenvalue weighted by Gasteiger charge is -2.19. The number of hydrogen-bond donors (Lipinski definition) is 1. The molecular weight excluding hydrogens is 376 g/mol. The molecule has 28 heavy (non-hydrogen) atoms. The Morgan fingerprint density at radius 2 is 1.96 bits per heavy atom. The summed E-state index contributed by atoms with van der Waals surface area (Å²) < 4.78 is 16.5. The highest BCUT2D eigenvalue weighted by atomic mass is 32.1. The van der Waals surface area contributed by atoms with Crippen molar-refractivity contribution in [1.29, 1.82) is 0 Å². The van der Waals surface area contributed by atoms with Gasteiger partial charge in [-0.3, -0.25) is 0 Å². The van der Waals surface area contributed by atoms with E-state index in [0.717, 1.165) is 39.5 Å². The summed E-state index contributed by atoms with van der Waals surface area (Å²) in [7, 11) is 0. The Kier molecular flexibility index (Phi) is 4.32. The average molecular weight is 394 g/mol. The lowest BCUT2D eigenvalue weighted by atomic mass is 10.2. The van der Waals surface area contributed by atoms with Gasteiger partial charge in [-0.2, -0.15) is 0 Å². The van der Waals surface area contributed by atoms with Crippen molar-refractivity contribution in [3.8, 4) is 23.1 Å². The molecule has 1 aliphatic heterocycles. The third-order valence-electron chi connectivity index (χ3n) is 4.52. The molecule has 5 rings (SSSR count). The minimum atomic E-state index is 0.527.